The van der Waals surface area contributed by atoms with Crippen LogP contribution in [0.1, 0.15) is 0 Å². The molecule has 6 heavy (non-hydrogen) atoms. The summed E-state index contributed by atoms with van der Waals surface area (Å²) >= 11 is 0. The van der Waals surface area contributed by atoms with Crippen LogP contribution in [0.5, 0.6) is 0 Å². The van der Waals surface area contributed by atoms with Gasteiger partial charge in [0, 0.05) is 7.71 Å². The van der Waals surface area contributed by atoms with Gasteiger partial charge < -0.3 is 5.16 Å². The number of hydrogen-bond acceptors (Lipinski definition) is 1. The largest absolute Gasteiger partial charge is 0.309 e. The zero-order chi connectivity index (χ0) is 4.99. The van der Waals surface area contributed by atoms with Gasteiger partial charge in [0.25, 0.3) is 0 Å². The van der Waals surface area contributed by atoms with Gasteiger partial charge in [0.2, 0.25) is 0 Å². The van der Waals surface area contributed by atoms with Gasteiger partial charge in [0.1, 0.15) is 0 Å². The molecule has 0 spiro atoms. The number of hydrogen-bond donors (Lipinski definition) is 1. The van der Waals surface area contributed by atoms with Gasteiger partial charge in [-0.25, -0.2) is 0 Å². The average molecular weight is 119 g/mol. The topological polar surface area (TPSA) is 23.9 Å². The van der Waals surface area contributed by atoms with E-state index in [4.69, 9.17) is 5.16 Å². The van der Waals surface area contributed by atoms with Crippen molar-refractivity contribution in [2.45, 2.75) is 0 Å². The zero-order valence-corrected chi connectivity index (χ0v) is 5.73. The van der Waals surface area contributed by atoms with E-state index in [2.05, 4.69) is 20.6 Å². The summed E-state index contributed by atoms with van der Waals surface area (Å²) in [4.78, 5) is 0. The molecule has 34 valence electrons. The van der Waals surface area contributed by atoms with Crippen LogP contribution in [0, 0.1) is 16.5 Å². The van der Waals surface area contributed by atoms with Gasteiger partial charge in [-0.2, -0.15) is 0 Å². The molecule has 0 heterocycles. The van der Waals surface area contributed by atoms with Gasteiger partial charge in [0.15, 0.2) is 0 Å². The van der Waals surface area contributed by atoms with Crippen molar-refractivity contribution in [3.8, 4) is 11.3 Å². The Balaban J connectivity index is 3.50. The average Bonchev–Trinajstić information content (AvgIpc) is 1.35. The molecule has 0 rings (SSSR count). The molecule has 0 amide bonds. The Morgan fingerprint density at radius 3 is 2.33 bits per heavy atom. The fourth-order valence-electron chi connectivity index (χ4n) is 0.108. The quantitative estimate of drug-likeness (QED) is 0.368. The molecule has 0 aromatic carbocycles. The van der Waals surface area contributed by atoms with E-state index in [1.165, 1.54) is 0 Å². The lowest BCUT2D eigenvalue weighted by atomic mass is 11.4. The summed E-state index contributed by atoms with van der Waals surface area (Å²) in [6, 6.07) is 0. The molecule has 0 aliphatic heterocycles. The maximum absolute atomic E-state index is 6.89. The second-order valence-electron chi connectivity index (χ2n) is 0.894. The van der Waals surface area contributed by atoms with E-state index < -0.39 is 7.71 Å². The minimum absolute atomic E-state index is 1.02. The normalized spacial score (nSPS) is 11.7. The first-order valence-electron chi connectivity index (χ1n) is 1.54. The molecule has 2 unspecified atom stereocenters. The SMILES string of the molecule is C[PH](=N)C#CP. The third-order valence-corrected chi connectivity index (χ3v) is 1.21. The van der Waals surface area contributed by atoms with Crippen molar-refractivity contribution in [1.29, 1.82) is 5.16 Å². The van der Waals surface area contributed by atoms with E-state index in [9.17, 15) is 0 Å². The predicted octanol–water partition coefficient (Wildman–Crippen LogP) is 1.39. The van der Waals surface area contributed by atoms with Gasteiger partial charge >= 0.3 is 0 Å². The highest BCUT2D eigenvalue weighted by atomic mass is 31.1. The van der Waals surface area contributed by atoms with Gasteiger partial charge in [-0.1, -0.05) is 20.6 Å². The maximum Gasteiger partial charge on any atom is 0.0220 e. The first-order chi connectivity index (χ1) is 2.77. The highest BCUT2D eigenvalue weighted by molar-refractivity contribution is 7.51. The van der Waals surface area contributed by atoms with Crippen LogP contribution in [0.15, 0.2) is 0 Å². The first-order valence-corrected chi connectivity index (χ1v) is 4.12. The molecular formula is C3H7NP2. The Hall–Kier alpha value is 0.220. The highest BCUT2D eigenvalue weighted by Gasteiger charge is 1.62. The number of rotatable bonds is 0. The van der Waals surface area contributed by atoms with E-state index in [0.29, 0.717) is 0 Å². The Labute approximate surface area is 41.0 Å². The van der Waals surface area contributed by atoms with E-state index in [-0.39, 0.29) is 0 Å². The van der Waals surface area contributed by atoms with Crippen LogP contribution >= 0.6 is 17.0 Å². The second kappa shape index (κ2) is 3.41. The fraction of sp³-hybridized carbons (Fsp3) is 0.333. The Morgan fingerprint density at radius 2 is 2.33 bits per heavy atom. The van der Waals surface area contributed by atoms with Crippen molar-refractivity contribution < 1.29 is 0 Å². The minimum atomic E-state index is -1.02. The Kier molecular flexibility index (Phi) is 3.54. The van der Waals surface area contributed by atoms with Gasteiger partial charge in [-0.15, -0.1) is 0 Å². The molecule has 3 heteroatoms. The summed E-state index contributed by atoms with van der Waals surface area (Å²) in [6.07, 6.45) is 0. The molecule has 1 N–H and O–H groups in total. The van der Waals surface area contributed by atoms with Crippen LogP contribution in [0.4, 0.5) is 0 Å². The minimum Gasteiger partial charge on any atom is -0.309 e. The van der Waals surface area contributed by atoms with Crippen LogP contribution in [-0.2, 0) is 0 Å². The van der Waals surface area contributed by atoms with Crippen molar-refractivity contribution in [2.75, 3.05) is 6.66 Å². The zero-order valence-electron chi connectivity index (χ0n) is 3.58. The molecule has 0 saturated heterocycles. The first kappa shape index (κ1) is 6.22. The lowest BCUT2D eigenvalue weighted by Gasteiger charge is -1.70. The molecule has 0 aromatic rings. The van der Waals surface area contributed by atoms with E-state index in [0.717, 1.165) is 0 Å². The molecule has 0 radical (unpaired) electrons. The van der Waals surface area contributed by atoms with Crippen LogP contribution in [0.2, 0.25) is 0 Å². The standard InChI is InChI=1S/C3H7NP2/c1-6(4)3-2-5/h4,6H,5H2,1H3. The lowest BCUT2D eigenvalue weighted by Crippen LogP contribution is -1.36. The van der Waals surface area contributed by atoms with Crippen LogP contribution in [0.25, 0.3) is 0 Å². The summed E-state index contributed by atoms with van der Waals surface area (Å²) in [7, 11) is 1.25. The van der Waals surface area contributed by atoms with Crippen molar-refractivity contribution in [1.82, 2.24) is 0 Å². The summed E-state index contributed by atoms with van der Waals surface area (Å²) < 4.78 is 0. The van der Waals surface area contributed by atoms with Gasteiger partial charge in [-0.05, 0) is 6.66 Å². The van der Waals surface area contributed by atoms with Crippen molar-refractivity contribution in [3.05, 3.63) is 0 Å². The molecule has 1 nitrogen and oxygen atoms in total. The van der Waals surface area contributed by atoms with E-state index in [1.807, 2.05) is 6.66 Å². The van der Waals surface area contributed by atoms with Crippen LogP contribution in [0.3, 0.4) is 0 Å². The Morgan fingerprint density at radius 1 is 1.83 bits per heavy atom. The molecule has 0 fully saturated rings. The molecule has 0 bridgehead atoms. The predicted molar refractivity (Wildman–Crippen MR) is 34.4 cm³/mol. The van der Waals surface area contributed by atoms with Crippen molar-refractivity contribution >= 4 is 17.0 Å². The summed E-state index contributed by atoms with van der Waals surface area (Å²) in [5, 5.41) is 6.89. The second-order valence-corrected chi connectivity index (χ2v) is 2.68. The summed E-state index contributed by atoms with van der Waals surface area (Å²) in [5.41, 5.74) is 5.28. The molecular weight excluding hydrogens is 112 g/mol. The smallest absolute Gasteiger partial charge is 0.0220 e. The third-order valence-electron chi connectivity index (χ3n) is 0.260. The molecule has 0 saturated carbocycles. The van der Waals surface area contributed by atoms with Crippen molar-refractivity contribution in [2.24, 2.45) is 0 Å². The monoisotopic (exact) mass is 119 g/mol. The molecule has 0 aliphatic rings. The summed E-state index contributed by atoms with van der Waals surface area (Å²) in [5.74, 6) is 0. The lowest BCUT2D eigenvalue weighted by molar-refractivity contribution is 1.63. The van der Waals surface area contributed by atoms with Crippen molar-refractivity contribution in [3.63, 3.8) is 0 Å². The summed E-state index contributed by atoms with van der Waals surface area (Å²) in [6.45, 7) is 1.84. The molecule has 0 aromatic heterocycles. The Bertz CT molecular complexity index is 108. The van der Waals surface area contributed by atoms with E-state index in [1.54, 1.807) is 0 Å². The van der Waals surface area contributed by atoms with Crippen LogP contribution < -0.4 is 0 Å². The van der Waals surface area contributed by atoms with Gasteiger partial charge in [0.05, 0.1) is 0 Å². The van der Waals surface area contributed by atoms with E-state index >= 15 is 0 Å². The van der Waals surface area contributed by atoms with Gasteiger partial charge in [-0.3, -0.25) is 0 Å². The maximum atomic E-state index is 6.89. The fourth-order valence-corrected chi connectivity index (χ4v) is 0.974. The molecule has 0 aliphatic carbocycles. The highest BCUT2D eigenvalue weighted by Crippen LogP contribution is 2.09. The number of nitrogens with one attached hydrogen (secondary N) is 1. The third kappa shape index (κ3) is 4.22. The molecule has 2 atom stereocenters. The van der Waals surface area contributed by atoms with Crippen LogP contribution in [-0.4, -0.2) is 6.66 Å².